The molecule has 0 aliphatic heterocycles. The van der Waals surface area contributed by atoms with Gasteiger partial charge in [-0.1, -0.05) is 248 Å². The van der Waals surface area contributed by atoms with Crippen molar-refractivity contribution in [3.05, 3.63) is 60.8 Å². The number of aliphatic hydroxyl groups is 2. The van der Waals surface area contributed by atoms with Crippen LogP contribution in [0.4, 0.5) is 0 Å². The van der Waals surface area contributed by atoms with Crippen molar-refractivity contribution in [2.24, 2.45) is 0 Å². The van der Waals surface area contributed by atoms with Gasteiger partial charge in [0.2, 0.25) is 5.91 Å². The van der Waals surface area contributed by atoms with Gasteiger partial charge in [-0.3, -0.25) is 4.79 Å². The third-order valence-electron chi connectivity index (χ3n) is 10.8. The summed E-state index contributed by atoms with van der Waals surface area (Å²) in [5.74, 6) is -0.144. The molecule has 0 saturated heterocycles. The van der Waals surface area contributed by atoms with Gasteiger partial charge in [0.25, 0.3) is 0 Å². The smallest absolute Gasteiger partial charge is 0.220 e. The molecule has 0 rings (SSSR count). The number of allylic oxidation sites excluding steroid dienone is 9. The quantitative estimate of drug-likeness (QED) is 0.0427. The van der Waals surface area contributed by atoms with E-state index in [1.807, 2.05) is 12.2 Å². The van der Waals surface area contributed by atoms with Crippen LogP contribution in [-0.4, -0.2) is 34.9 Å². The number of carbonyl (C=O) groups is 1. The summed E-state index contributed by atoms with van der Waals surface area (Å²) in [5, 5.41) is 22.9. The van der Waals surface area contributed by atoms with Crippen LogP contribution in [0.15, 0.2) is 60.8 Å². The Labute approximate surface area is 343 Å². The lowest BCUT2D eigenvalue weighted by Gasteiger charge is -2.19. The Morgan fingerprint density at radius 3 is 1.16 bits per heavy atom. The predicted octanol–water partition coefficient (Wildman–Crippen LogP) is 15.3. The summed E-state index contributed by atoms with van der Waals surface area (Å²) in [6, 6.07) is -0.662. The zero-order valence-electron chi connectivity index (χ0n) is 36.7. The number of amides is 1. The van der Waals surface area contributed by atoms with E-state index in [1.165, 1.54) is 173 Å². The minimum Gasteiger partial charge on any atom is -0.394 e. The SMILES string of the molecule is CC/C=C\C/C=C\C/C=C\C/C=C\CCC(=O)NC(CO)C(O)/C=C/CCCCCCCCCCCCCCCCCCCCCCCCCCCCCC. The summed E-state index contributed by atoms with van der Waals surface area (Å²) in [6.45, 7) is 4.16. The highest BCUT2D eigenvalue weighted by Crippen LogP contribution is 2.16. The molecule has 0 aromatic heterocycles. The van der Waals surface area contributed by atoms with Crippen LogP contribution in [0.2, 0.25) is 0 Å². The van der Waals surface area contributed by atoms with Crippen LogP contribution >= 0.6 is 0 Å². The van der Waals surface area contributed by atoms with Crippen molar-refractivity contribution in [2.75, 3.05) is 6.61 Å². The average molecular weight is 768 g/mol. The molecule has 0 aromatic rings. The zero-order valence-corrected chi connectivity index (χ0v) is 36.7. The summed E-state index contributed by atoms with van der Waals surface area (Å²) in [6.07, 6.45) is 65.2. The lowest BCUT2D eigenvalue weighted by molar-refractivity contribution is -0.122. The van der Waals surface area contributed by atoms with Crippen LogP contribution in [0.25, 0.3) is 0 Å². The number of carbonyl (C=O) groups excluding carboxylic acids is 1. The van der Waals surface area contributed by atoms with Gasteiger partial charge in [0.15, 0.2) is 0 Å². The molecule has 0 fully saturated rings. The van der Waals surface area contributed by atoms with Gasteiger partial charge in [-0.2, -0.15) is 0 Å². The van der Waals surface area contributed by atoms with Crippen LogP contribution < -0.4 is 5.32 Å². The first-order valence-electron chi connectivity index (χ1n) is 24.0. The third kappa shape index (κ3) is 43.1. The normalized spacial score (nSPS) is 13.5. The van der Waals surface area contributed by atoms with Crippen LogP contribution in [-0.2, 0) is 4.79 Å². The fourth-order valence-corrected chi connectivity index (χ4v) is 7.13. The Morgan fingerprint density at radius 2 is 0.800 bits per heavy atom. The molecule has 2 atom stereocenters. The molecule has 320 valence electrons. The Balaban J connectivity index is 3.51. The number of hydrogen-bond acceptors (Lipinski definition) is 3. The highest BCUT2D eigenvalue weighted by Gasteiger charge is 2.17. The van der Waals surface area contributed by atoms with Crippen molar-refractivity contribution < 1.29 is 15.0 Å². The minimum atomic E-state index is -0.870. The lowest BCUT2D eigenvalue weighted by Crippen LogP contribution is -2.45. The van der Waals surface area contributed by atoms with Crippen molar-refractivity contribution in [1.82, 2.24) is 5.32 Å². The van der Waals surface area contributed by atoms with E-state index in [0.717, 1.165) is 38.5 Å². The molecule has 0 spiro atoms. The first kappa shape index (κ1) is 53.1. The molecule has 0 bridgehead atoms. The number of unbranched alkanes of at least 4 members (excludes halogenated alkanes) is 28. The Kier molecular flexibility index (Phi) is 44.9. The molecule has 0 radical (unpaired) electrons. The Morgan fingerprint density at radius 1 is 0.455 bits per heavy atom. The second-order valence-corrected chi connectivity index (χ2v) is 16.1. The van der Waals surface area contributed by atoms with E-state index in [9.17, 15) is 15.0 Å². The maximum Gasteiger partial charge on any atom is 0.220 e. The van der Waals surface area contributed by atoms with Gasteiger partial charge in [-0.05, 0) is 44.9 Å². The van der Waals surface area contributed by atoms with E-state index >= 15 is 0 Å². The highest BCUT2D eigenvalue weighted by molar-refractivity contribution is 5.76. The summed E-state index contributed by atoms with van der Waals surface area (Å²) < 4.78 is 0. The molecule has 0 aliphatic carbocycles. The third-order valence-corrected chi connectivity index (χ3v) is 10.8. The van der Waals surface area contributed by atoms with Crippen LogP contribution in [0, 0.1) is 0 Å². The largest absolute Gasteiger partial charge is 0.394 e. The number of nitrogens with one attached hydrogen (secondary N) is 1. The highest BCUT2D eigenvalue weighted by atomic mass is 16.3. The van der Waals surface area contributed by atoms with Crippen LogP contribution in [0.5, 0.6) is 0 Å². The topological polar surface area (TPSA) is 69.6 Å². The van der Waals surface area contributed by atoms with Gasteiger partial charge in [-0.15, -0.1) is 0 Å². The monoisotopic (exact) mass is 768 g/mol. The average Bonchev–Trinajstić information content (AvgIpc) is 3.19. The number of hydrogen-bond donors (Lipinski definition) is 3. The Hall–Kier alpha value is -1.91. The van der Waals surface area contributed by atoms with Gasteiger partial charge in [0, 0.05) is 6.42 Å². The van der Waals surface area contributed by atoms with Gasteiger partial charge in [0.1, 0.15) is 0 Å². The van der Waals surface area contributed by atoms with Gasteiger partial charge < -0.3 is 15.5 Å². The van der Waals surface area contributed by atoms with Crippen LogP contribution in [0.3, 0.4) is 0 Å². The zero-order chi connectivity index (χ0) is 40.0. The summed E-state index contributed by atoms with van der Waals surface area (Å²) >= 11 is 0. The maximum atomic E-state index is 12.3. The molecule has 3 N–H and O–H groups in total. The van der Waals surface area contributed by atoms with E-state index in [4.69, 9.17) is 0 Å². The first-order chi connectivity index (χ1) is 27.2. The number of rotatable bonds is 43. The van der Waals surface area contributed by atoms with Crippen molar-refractivity contribution in [2.45, 2.75) is 251 Å². The number of aliphatic hydroxyl groups excluding tert-OH is 2. The second kappa shape index (κ2) is 46.5. The molecule has 55 heavy (non-hydrogen) atoms. The van der Waals surface area contributed by atoms with Crippen molar-refractivity contribution in [1.29, 1.82) is 0 Å². The molecule has 0 saturated carbocycles. The van der Waals surface area contributed by atoms with E-state index in [-0.39, 0.29) is 12.5 Å². The molecule has 2 unspecified atom stereocenters. The molecule has 0 heterocycles. The van der Waals surface area contributed by atoms with Crippen molar-refractivity contribution in [3.63, 3.8) is 0 Å². The standard InChI is InChI=1S/C51H93NO3/c1-3-5-7-9-11-13-15-17-18-19-20-21-22-23-24-25-26-27-28-29-30-31-32-33-35-36-38-40-42-44-46-50(54)49(48-53)52-51(55)47-45-43-41-39-37-34-16-14-12-10-8-6-4-2/h6,8,12,14,34,37,41,43-44,46,49-50,53-54H,3-5,7,9-11,13,15-33,35-36,38-40,42,45,47-48H2,1-2H3,(H,52,55)/b8-6-,14-12-,37-34-,43-41-,46-44+. The summed E-state index contributed by atoms with van der Waals surface area (Å²) in [7, 11) is 0. The molecule has 4 heteroatoms. The maximum absolute atomic E-state index is 12.3. The van der Waals surface area contributed by atoms with E-state index in [1.54, 1.807) is 6.08 Å². The van der Waals surface area contributed by atoms with Crippen molar-refractivity contribution in [3.8, 4) is 0 Å². The molecule has 0 aliphatic rings. The molecule has 0 aromatic carbocycles. The fourth-order valence-electron chi connectivity index (χ4n) is 7.13. The molecular formula is C51H93NO3. The van der Waals surface area contributed by atoms with Crippen LogP contribution in [0.1, 0.15) is 239 Å². The van der Waals surface area contributed by atoms with Crippen molar-refractivity contribution >= 4 is 5.91 Å². The second-order valence-electron chi connectivity index (χ2n) is 16.1. The minimum absolute atomic E-state index is 0.144. The predicted molar refractivity (Wildman–Crippen MR) is 244 cm³/mol. The summed E-state index contributed by atoms with van der Waals surface area (Å²) in [5.41, 5.74) is 0. The van der Waals surface area contributed by atoms with Gasteiger partial charge in [-0.25, -0.2) is 0 Å². The first-order valence-corrected chi connectivity index (χ1v) is 24.0. The molecular weight excluding hydrogens is 675 g/mol. The Bertz CT molecular complexity index is 919. The molecule has 1 amide bonds. The lowest BCUT2D eigenvalue weighted by atomic mass is 10.0. The van der Waals surface area contributed by atoms with Gasteiger partial charge in [0.05, 0.1) is 18.8 Å². The molecule has 4 nitrogen and oxygen atoms in total. The fraction of sp³-hybridized carbons (Fsp3) is 0.784. The van der Waals surface area contributed by atoms with E-state index in [2.05, 4.69) is 61.7 Å². The van der Waals surface area contributed by atoms with E-state index in [0.29, 0.717) is 12.8 Å². The van der Waals surface area contributed by atoms with Gasteiger partial charge >= 0.3 is 0 Å². The summed E-state index contributed by atoms with van der Waals surface area (Å²) in [4.78, 5) is 12.3. The van der Waals surface area contributed by atoms with E-state index < -0.39 is 12.1 Å².